The number of hydrogen-bond acceptors (Lipinski definition) is 4. The van der Waals surface area contributed by atoms with E-state index >= 15 is 0 Å². The molecule has 0 saturated heterocycles. The summed E-state index contributed by atoms with van der Waals surface area (Å²) >= 11 is 1.47. The monoisotopic (exact) mass is 365 g/mol. The molecular formula is C19H19N5OS. The van der Waals surface area contributed by atoms with Gasteiger partial charge in [0.05, 0.1) is 5.69 Å². The van der Waals surface area contributed by atoms with Gasteiger partial charge in [-0.1, -0.05) is 17.7 Å². The Morgan fingerprint density at radius 2 is 2.23 bits per heavy atom. The second-order valence-electron chi connectivity index (χ2n) is 6.26. The molecule has 3 aromatic heterocycles. The molecule has 3 heterocycles. The van der Waals surface area contributed by atoms with Crippen molar-refractivity contribution in [3.8, 4) is 11.3 Å². The number of nitrogens with one attached hydrogen (secondary N) is 2. The average Bonchev–Trinajstić information content (AvgIpc) is 3.33. The van der Waals surface area contributed by atoms with E-state index in [0.717, 1.165) is 22.0 Å². The average molecular weight is 365 g/mol. The SMILES string of the molecule is Cc1ccc(C)c(-c2cn3c(C(=O)NCCc4ncc[nH]4)csc3n2)c1. The lowest BCUT2D eigenvalue weighted by molar-refractivity contribution is 0.0948. The number of nitrogens with zero attached hydrogens (tertiary/aromatic N) is 3. The molecule has 0 aliphatic carbocycles. The third kappa shape index (κ3) is 3.13. The lowest BCUT2D eigenvalue weighted by Crippen LogP contribution is -2.26. The first-order valence-corrected chi connectivity index (χ1v) is 9.30. The fraction of sp³-hybridized carbons (Fsp3) is 0.211. The maximum Gasteiger partial charge on any atom is 0.269 e. The number of H-pyrrole nitrogens is 1. The van der Waals surface area contributed by atoms with Crippen LogP contribution in [-0.2, 0) is 6.42 Å². The molecule has 0 bridgehead atoms. The van der Waals surface area contributed by atoms with Crippen molar-refractivity contribution in [1.82, 2.24) is 24.7 Å². The minimum atomic E-state index is -0.104. The van der Waals surface area contributed by atoms with Crippen LogP contribution in [0.3, 0.4) is 0 Å². The number of imidazole rings is 2. The molecule has 0 aliphatic heterocycles. The largest absolute Gasteiger partial charge is 0.350 e. The van der Waals surface area contributed by atoms with Gasteiger partial charge in [0, 0.05) is 42.5 Å². The Hall–Kier alpha value is -2.93. The Morgan fingerprint density at radius 3 is 3.04 bits per heavy atom. The summed E-state index contributed by atoms with van der Waals surface area (Å²) in [5.41, 5.74) is 4.96. The zero-order valence-corrected chi connectivity index (χ0v) is 15.4. The third-order valence-electron chi connectivity index (χ3n) is 4.31. The highest BCUT2D eigenvalue weighted by atomic mass is 32.1. The van der Waals surface area contributed by atoms with E-state index in [1.807, 2.05) is 16.0 Å². The minimum absolute atomic E-state index is 0.104. The van der Waals surface area contributed by atoms with Crippen LogP contribution in [0, 0.1) is 13.8 Å². The van der Waals surface area contributed by atoms with Crippen molar-refractivity contribution >= 4 is 22.2 Å². The zero-order valence-electron chi connectivity index (χ0n) is 14.6. The van der Waals surface area contributed by atoms with Crippen LogP contribution in [0.2, 0.25) is 0 Å². The number of benzene rings is 1. The molecule has 132 valence electrons. The predicted octanol–water partition coefficient (Wildman–Crippen LogP) is 3.38. The number of thiazole rings is 1. The van der Waals surface area contributed by atoms with Gasteiger partial charge in [-0.15, -0.1) is 11.3 Å². The highest BCUT2D eigenvalue weighted by molar-refractivity contribution is 7.15. The van der Waals surface area contributed by atoms with E-state index in [-0.39, 0.29) is 5.91 Å². The lowest BCUT2D eigenvalue weighted by Gasteiger charge is -2.04. The summed E-state index contributed by atoms with van der Waals surface area (Å²) in [7, 11) is 0. The van der Waals surface area contributed by atoms with Crippen LogP contribution in [0.15, 0.2) is 42.2 Å². The number of carbonyl (C=O) groups excluding carboxylic acids is 1. The molecule has 4 aromatic rings. The zero-order chi connectivity index (χ0) is 18.1. The molecule has 0 atom stereocenters. The summed E-state index contributed by atoms with van der Waals surface area (Å²) in [6.07, 6.45) is 6.10. The van der Waals surface area contributed by atoms with Crippen LogP contribution >= 0.6 is 11.3 Å². The van der Waals surface area contributed by atoms with E-state index in [9.17, 15) is 4.79 Å². The topological polar surface area (TPSA) is 75.1 Å². The molecule has 6 nitrogen and oxygen atoms in total. The number of aryl methyl sites for hydroxylation is 2. The van der Waals surface area contributed by atoms with Crippen molar-refractivity contribution in [2.24, 2.45) is 0 Å². The van der Waals surface area contributed by atoms with Crippen LogP contribution in [0.1, 0.15) is 27.4 Å². The Labute approximate surface area is 154 Å². The van der Waals surface area contributed by atoms with Gasteiger partial charge >= 0.3 is 0 Å². The Morgan fingerprint density at radius 1 is 1.35 bits per heavy atom. The number of rotatable bonds is 5. The molecule has 0 saturated carbocycles. The maximum absolute atomic E-state index is 12.5. The van der Waals surface area contributed by atoms with Gasteiger partial charge in [0.2, 0.25) is 0 Å². The van der Waals surface area contributed by atoms with Crippen molar-refractivity contribution in [2.75, 3.05) is 6.54 Å². The molecule has 2 N–H and O–H groups in total. The van der Waals surface area contributed by atoms with Crippen LogP contribution in [0.5, 0.6) is 0 Å². The number of aromatic nitrogens is 4. The van der Waals surface area contributed by atoms with Gasteiger partial charge in [-0.3, -0.25) is 9.20 Å². The van der Waals surface area contributed by atoms with Crippen molar-refractivity contribution in [2.45, 2.75) is 20.3 Å². The Kier molecular flexibility index (Phi) is 4.30. The van der Waals surface area contributed by atoms with Gasteiger partial charge in [-0.2, -0.15) is 0 Å². The minimum Gasteiger partial charge on any atom is -0.350 e. The molecular weight excluding hydrogens is 346 g/mol. The van der Waals surface area contributed by atoms with E-state index in [1.54, 1.807) is 12.4 Å². The highest BCUT2D eigenvalue weighted by Crippen LogP contribution is 2.27. The highest BCUT2D eigenvalue weighted by Gasteiger charge is 2.16. The Bertz CT molecular complexity index is 1060. The molecule has 1 aromatic carbocycles. The second kappa shape index (κ2) is 6.76. The number of hydrogen-bond donors (Lipinski definition) is 2. The van der Waals surface area contributed by atoms with Crippen LogP contribution in [0.4, 0.5) is 0 Å². The smallest absolute Gasteiger partial charge is 0.269 e. The van der Waals surface area contributed by atoms with Crippen molar-refractivity contribution < 1.29 is 4.79 Å². The maximum atomic E-state index is 12.5. The predicted molar refractivity (Wildman–Crippen MR) is 103 cm³/mol. The normalized spacial score (nSPS) is 11.2. The van der Waals surface area contributed by atoms with E-state index in [2.05, 4.69) is 47.3 Å². The molecule has 0 aliphatic rings. The van der Waals surface area contributed by atoms with Gasteiger partial charge < -0.3 is 10.3 Å². The molecule has 0 unspecified atom stereocenters. The lowest BCUT2D eigenvalue weighted by atomic mass is 10.0. The van der Waals surface area contributed by atoms with Gasteiger partial charge in [-0.25, -0.2) is 9.97 Å². The summed E-state index contributed by atoms with van der Waals surface area (Å²) in [6.45, 7) is 4.67. The van der Waals surface area contributed by atoms with Gasteiger partial charge in [-0.05, 0) is 25.5 Å². The number of aromatic amines is 1. The first-order chi connectivity index (χ1) is 12.6. The van der Waals surface area contributed by atoms with Gasteiger partial charge in [0.25, 0.3) is 5.91 Å². The first kappa shape index (κ1) is 16.5. The van der Waals surface area contributed by atoms with Gasteiger partial charge in [0.1, 0.15) is 11.5 Å². The summed E-state index contributed by atoms with van der Waals surface area (Å²) in [5, 5.41) is 4.79. The van der Waals surface area contributed by atoms with Crippen molar-refractivity contribution in [1.29, 1.82) is 0 Å². The molecule has 0 radical (unpaired) electrons. The standard InChI is InChI=1S/C19H19N5OS/c1-12-3-4-13(2)14(9-12)15-10-24-16(11-26-19(24)23-15)18(25)22-6-5-17-20-7-8-21-17/h3-4,7-11H,5-6H2,1-2H3,(H,20,21)(H,22,25). The second-order valence-corrected chi connectivity index (χ2v) is 7.10. The summed E-state index contributed by atoms with van der Waals surface area (Å²) < 4.78 is 1.87. The summed E-state index contributed by atoms with van der Waals surface area (Å²) in [6, 6.07) is 6.32. The van der Waals surface area contributed by atoms with E-state index in [0.29, 0.717) is 18.7 Å². The van der Waals surface area contributed by atoms with Crippen molar-refractivity contribution in [3.63, 3.8) is 0 Å². The molecule has 7 heteroatoms. The quantitative estimate of drug-likeness (QED) is 0.569. The number of carbonyl (C=O) groups is 1. The number of amides is 1. The molecule has 4 rings (SSSR count). The van der Waals surface area contributed by atoms with Crippen molar-refractivity contribution in [3.05, 3.63) is 64.8 Å². The van der Waals surface area contributed by atoms with Crippen LogP contribution < -0.4 is 5.32 Å². The van der Waals surface area contributed by atoms with E-state index in [4.69, 9.17) is 4.98 Å². The van der Waals surface area contributed by atoms with Crippen LogP contribution in [0.25, 0.3) is 16.2 Å². The fourth-order valence-corrected chi connectivity index (χ4v) is 3.76. The Balaban J connectivity index is 1.56. The molecule has 0 fully saturated rings. The van der Waals surface area contributed by atoms with Gasteiger partial charge in [0.15, 0.2) is 4.96 Å². The summed E-state index contributed by atoms with van der Waals surface area (Å²) in [4.78, 5) is 25.2. The molecule has 0 spiro atoms. The fourth-order valence-electron chi connectivity index (χ4n) is 2.91. The third-order valence-corrected chi connectivity index (χ3v) is 5.15. The molecule has 26 heavy (non-hydrogen) atoms. The van der Waals surface area contributed by atoms with E-state index < -0.39 is 0 Å². The summed E-state index contributed by atoms with van der Waals surface area (Å²) in [5.74, 6) is 0.758. The van der Waals surface area contributed by atoms with E-state index in [1.165, 1.54) is 22.5 Å². The first-order valence-electron chi connectivity index (χ1n) is 8.42. The number of fused-ring (bicyclic) bond motifs is 1. The molecule has 1 amide bonds. The van der Waals surface area contributed by atoms with Crippen LogP contribution in [-0.4, -0.2) is 31.8 Å².